The highest BCUT2D eigenvalue weighted by atomic mass is 127. The van der Waals surface area contributed by atoms with Crippen molar-refractivity contribution in [3.8, 4) is 0 Å². The van der Waals surface area contributed by atoms with E-state index in [2.05, 4.69) is 42.9 Å². The van der Waals surface area contributed by atoms with Gasteiger partial charge in [-0.3, -0.25) is 0 Å². The van der Waals surface area contributed by atoms with Crippen LogP contribution in [0.25, 0.3) is 0 Å². The van der Waals surface area contributed by atoms with Crippen molar-refractivity contribution in [1.82, 2.24) is 15.2 Å². The van der Waals surface area contributed by atoms with E-state index in [1.54, 1.807) is 0 Å². The van der Waals surface area contributed by atoms with Gasteiger partial charge in [0.15, 0.2) is 5.96 Å². The third-order valence-electron chi connectivity index (χ3n) is 4.91. The number of likely N-dealkylation sites (tertiary alicyclic amines) is 1. The summed E-state index contributed by atoms with van der Waals surface area (Å²) in [6.07, 6.45) is 4.17. The molecule has 2 aliphatic heterocycles. The average Bonchev–Trinajstić information content (AvgIpc) is 3.25. The summed E-state index contributed by atoms with van der Waals surface area (Å²) < 4.78 is 11.5. The summed E-state index contributed by atoms with van der Waals surface area (Å²) in [6, 6.07) is 0. The van der Waals surface area contributed by atoms with Crippen LogP contribution in [0.1, 0.15) is 52.2 Å². The summed E-state index contributed by atoms with van der Waals surface area (Å²) in [5, 5.41) is 3.40. The maximum absolute atomic E-state index is 5.85. The van der Waals surface area contributed by atoms with Crippen molar-refractivity contribution < 1.29 is 9.15 Å². The van der Waals surface area contributed by atoms with E-state index in [-0.39, 0.29) is 29.4 Å². The van der Waals surface area contributed by atoms with Gasteiger partial charge in [-0.2, -0.15) is 0 Å². The molecule has 3 rings (SSSR count). The number of oxazole rings is 1. The van der Waals surface area contributed by atoms with E-state index in [1.165, 1.54) is 6.42 Å². The second-order valence-electron chi connectivity index (χ2n) is 8.01. The molecular weight excluding hydrogens is 431 g/mol. The van der Waals surface area contributed by atoms with Gasteiger partial charge >= 0.3 is 0 Å². The molecule has 2 aliphatic rings. The smallest absolute Gasteiger partial charge is 0.216 e. The van der Waals surface area contributed by atoms with Gasteiger partial charge < -0.3 is 19.4 Å². The van der Waals surface area contributed by atoms with E-state index in [4.69, 9.17) is 14.1 Å². The molecule has 1 aromatic heterocycles. The first-order valence-electron chi connectivity index (χ1n) is 8.98. The zero-order valence-electron chi connectivity index (χ0n) is 15.8. The molecule has 1 aromatic rings. The van der Waals surface area contributed by atoms with Crippen LogP contribution in [0.5, 0.6) is 0 Å². The lowest BCUT2D eigenvalue weighted by Gasteiger charge is -2.24. The molecule has 1 unspecified atom stereocenters. The van der Waals surface area contributed by atoms with Crippen molar-refractivity contribution >= 4 is 29.9 Å². The number of hydrogen-bond acceptors (Lipinski definition) is 4. The maximum atomic E-state index is 5.85. The molecule has 25 heavy (non-hydrogen) atoms. The zero-order valence-corrected chi connectivity index (χ0v) is 18.1. The summed E-state index contributed by atoms with van der Waals surface area (Å²) >= 11 is 0. The van der Waals surface area contributed by atoms with E-state index in [1.807, 2.05) is 6.20 Å². The lowest BCUT2D eigenvalue weighted by Crippen LogP contribution is -2.41. The zero-order chi connectivity index (χ0) is 17.2. The molecule has 6 nitrogen and oxygen atoms in total. The minimum Gasteiger partial charge on any atom is -0.443 e. The van der Waals surface area contributed by atoms with E-state index in [9.17, 15) is 0 Å². The Morgan fingerprint density at radius 2 is 2.20 bits per heavy atom. The second kappa shape index (κ2) is 8.24. The highest BCUT2D eigenvalue weighted by Gasteiger charge is 2.42. The number of aromatic nitrogens is 1. The van der Waals surface area contributed by atoms with Crippen LogP contribution in [0.2, 0.25) is 0 Å². The highest BCUT2D eigenvalue weighted by molar-refractivity contribution is 14.0. The number of rotatable bonds is 3. The van der Waals surface area contributed by atoms with Crippen LogP contribution in [-0.4, -0.2) is 48.7 Å². The van der Waals surface area contributed by atoms with Gasteiger partial charge in [0, 0.05) is 37.1 Å². The molecule has 1 atom stereocenters. The fourth-order valence-electron chi connectivity index (χ4n) is 3.39. The van der Waals surface area contributed by atoms with Crippen LogP contribution in [-0.2, 0) is 16.7 Å². The number of guanidine groups is 1. The molecule has 1 spiro atoms. The normalized spacial score (nSPS) is 24.0. The van der Waals surface area contributed by atoms with Gasteiger partial charge in [-0.05, 0) is 19.8 Å². The Labute approximate surface area is 167 Å². The Morgan fingerprint density at radius 1 is 1.40 bits per heavy atom. The standard InChI is InChI=1S/C18H30N4O2.HI/c1-5-19-16(22-8-6-18(12-22)7-9-23-13-18)21-11-15-20-10-14(24-15)17(2,3)4;/h10H,5-9,11-13H2,1-4H3,(H,19,21);1H. The molecule has 2 fully saturated rings. The summed E-state index contributed by atoms with van der Waals surface area (Å²) in [7, 11) is 0. The Hall–Kier alpha value is -0.830. The Balaban J connectivity index is 0.00000225. The van der Waals surface area contributed by atoms with Crippen LogP contribution < -0.4 is 5.32 Å². The third kappa shape index (κ3) is 4.87. The third-order valence-corrected chi connectivity index (χ3v) is 4.91. The van der Waals surface area contributed by atoms with Gasteiger partial charge in [-0.25, -0.2) is 9.98 Å². The van der Waals surface area contributed by atoms with Crippen LogP contribution >= 0.6 is 24.0 Å². The lowest BCUT2D eigenvalue weighted by atomic mass is 9.87. The van der Waals surface area contributed by atoms with Crippen LogP contribution in [0.4, 0.5) is 0 Å². The van der Waals surface area contributed by atoms with Crippen molar-refractivity contribution in [2.24, 2.45) is 10.4 Å². The largest absolute Gasteiger partial charge is 0.443 e. The van der Waals surface area contributed by atoms with E-state index >= 15 is 0 Å². The molecule has 142 valence electrons. The molecular formula is C18H31IN4O2. The summed E-state index contributed by atoms with van der Waals surface area (Å²) in [5.41, 5.74) is 0.307. The van der Waals surface area contributed by atoms with E-state index in [0.717, 1.165) is 51.0 Å². The SMILES string of the molecule is CCNC(=NCc1ncc(C(C)(C)C)o1)N1CCC2(CCOC2)C1.I. The van der Waals surface area contributed by atoms with Gasteiger partial charge in [-0.15, -0.1) is 24.0 Å². The molecule has 3 heterocycles. The Bertz CT molecular complexity index is 588. The topological polar surface area (TPSA) is 62.9 Å². The Morgan fingerprint density at radius 3 is 2.80 bits per heavy atom. The molecule has 0 bridgehead atoms. The quantitative estimate of drug-likeness (QED) is 0.425. The number of ether oxygens (including phenoxy) is 1. The highest BCUT2D eigenvalue weighted by Crippen LogP contribution is 2.38. The molecule has 1 N–H and O–H groups in total. The minimum atomic E-state index is -0.0245. The molecule has 0 aliphatic carbocycles. The number of nitrogens with zero attached hydrogens (tertiary/aromatic N) is 3. The van der Waals surface area contributed by atoms with E-state index < -0.39 is 0 Å². The van der Waals surface area contributed by atoms with Crippen molar-refractivity contribution in [3.05, 3.63) is 17.8 Å². The fraction of sp³-hybridized carbons (Fsp3) is 0.778. The van der Waals surface area contributed by atoms with Gasteiger partial charge in [-0.1, -0.05) is 20.8 Å². The summed E-state index contributed by atoms with van der Waals surface area (Å²) in [5.74, 6) is 2.53. The van der Waals surface area contributed by atoms with Crippen molar-refractivity contribution in [1.29, 1.82) is 0 Å². The van der Waals surface area contributed by atoms with Gasteiger partial charge in [0.1, 0.15) is 12.3 Å². The monoisotopic (exact) mass is 462 g/mol. The summed E-state index contributed by atoms with van der Waals surface area (Å²) in [6.45, 7) is 13.6. The van der Waals surface area contributed by atoms with Crippen LogP contribution in [0.3, 0.4) is 0 Å². The fourth-order valence-corrected chi connectivity index (χ4v) is 3.39. The Kier molecular flexibility index (Phi) is 6.75. The van der Waals surface area contributed by atoms with Crippen molar-refractivity contribution in [2.75, 3.05) is 32.8 Å². The molecule has 0 amide bonds. The van der Waals surface area contributed by atoms with Gasteiger partial charge in [0.25, 0.3) is 0 Å². The van der Waals surface area contributed by atoms with Crippen molar-refractivity contribution in [2.45, 2.75) is 52.5 Å². The first-order valence-corrected chi connectivity index (χ1v) is 8.98. The number of hydrogen-bond donors (Lipinski definition) is 1. The second-order valence-corrected chi connectivity index (χ2v) is 8.01. The van der Waals surface area contributed by atoms with Crippen LogP contribution in [0, 0.1) is 5.41 Å². The first kappa shape index (κ1) is 20.5. The predicted molar refractivity (Wildman–Crippen MR) is 109 cm³/mol. The first-order chi connectivity index (χ1) is 11.4. The minimum absolute atomic E-state index is 0. The number of nitrogens with one attached hydrogen (secondary N) is 1. The summed E-state index contributed by atoms with van der Waals surface area (Å²) in [4.78, 5) is 11.5. The van der Waals surface area contributed by atoms with E-state index in [0.29, 0.717) is 17.9 Å². The van der Waals surface area contributed by atoms with Crippen LogP contribution in [0.15, 0.2) is 15.6 Å². The molecule has 2 saturated heterocycles. The predicted octanol–water partition coefficient (Wildman–Crippen LogP) is 3.17. The number of halogens is 1. The maximum Gasteiger partial charge on any atom is 0.216 e. The molecule has 0 aromatic carbocycles. The molecule has 0 saturated carbocycles. The number of aliphatic imine (C=N–C) groups is 1. The van der Waals surface area contributed by atoms with Crippen molar-refractivity contribution in [3.63, 3.8) is 0 Å². The van der Waals surface area contributed by atoms with Gasteiger partial charge in [0.2, 0.25) is 5.89 Å². The average molecular weight is 462 g/mol. The van der Waals surface area contributed by atoms with Gasteiger partial charge in [0.05, 0.1) is 12.8 Å². The lowest BCUT2D eigenvalue weighted by molar-refractivity contribution is 0.156. The molecule has 7 heteroatoms. The molecule has 0 radical (unpaired) electrons.